The molecule has 4 nitrogen and oxygen atoms in total. The van der Waals surface area contributed by atoms with E-state index in [0.717, 1.165) is 5.56 Å². The number of carbonyl (C=O) groups is 1. The summed E-state index contributed by atoms with van der Waals surface area (Å²) in [5, 5.41) is 22.1. The third kappa shape index (κ3) is 2.08. The van der Waals surface area contributed by atoms with Gasteiger partial charge in [0.2, 0.25) is 0 Å². The van der Waals surface area contributed by atoms with Gasteiger partial charge in [-0.05, 0) is 31.0 Å². The van der Waals surface area contributed by atoms with Crippen LogP contribution < -0.4 is 5.32 Å². The number of aryl methyl sites for hydroxylation is 1. The van der Waals surface area contributed by atoms with E-state index >= 15 is 0 Å². The molecule has 0 saturated heterocycles. The van der Waals surface area contributed by atoms with Crippen LogP contribution in [0.5, 0.6) is 5.75 Å². The molecule has 98 valence electrons. The van der Waals surface area contributed by atoms with Crippen LogP contribution in [0, 0.1) is 12.3 Å². The van der Waals surface area contributed by atoms with Gasteiger partial charge in [0.05, 0.1) is 6.10 Å². The number of benzene rings is 1. The van der Waals surface area contributed by atoms with Crippen molar-refractivity contribution in [3.63, 3.8) is 0 Å². The highest BCUT2D eigenvalue weighted by atomic mass is 16.3. The Morgan fingerprint density at radius 1 is 1.44 bits per heavy atom. The standard InChI is InChI=1S/C14H19NO3/c1-8-4-5-9(6-10(8)16)13(18)15-11-7-12(17)14(11,2)3/h4-6,11-12,16-17H,7H2,1-3H3,(H,15,18). The molecule has 18 heavy (non-hydrogen) atoms. The Balaban J connectivity index is 2.07. The summed E-state index contributed by atoms with van der Waals surface area (Å²) in [5.41, 5.74) is 0.892. The highest BCUT2D eigenvalue weighted by Gasteiger charge is 2.47. The molecule has 0 spiro atoms. The van der Waals surface area contributed by atoms with Gasteiger partial charge >= 0.3 is 0 Å². The second-order valence-electron chi connectivity index (χ2n) is 5.60. The Hall–Kier alpha value is -1.55. The van der Waals surface area contributed by atoms with Gasteiger partial charge in [-0.15, -0.1) is 0 Å². The number of carbonyl (C=O) groups excluding carboxylic acids is 1. The van der Waals surface area contributed by atoms with Crippen LogP contribution in [0.1, 0.15) is 36.2 Å². The minimum absolute atomic E-state index is 0.0246. The molecule has 2 unspecified atom stereocenters. The van der Waals surface area contributed by atoms with Gasteiger partial charge in [-0.2, -0.15) is 0 Å². The average Bonchev–Trinajstić information content (AvgIpc) is 2.32. The van der Waals surface area contributed by atoms with Crippen LogP contribution in [0.25, 0.3) is 0 Å². The molecule has 4 heteroatoms. The quantitative estimate of drug-likeness (QED) is 0.745. The molecule has 1 saturated carbocycles. The molecule has 0 radical (unpaired) electrons. The molecule has 0 aliphatic heterocycles. The fourth-order valence-electron chi connectivity index (χ4n) is 2.14. The summed E-state index contributed by atoms with van der Waals surface area (Å²) in [7, 11) is 0. The van der Waals surface area contributed by atoms with Gasteiger partial charge in [-0.1, -0.05) is 19.9 Å². The zero-order valence-corrected chi connectivity index (χ0v) is 10.9. The van der Waals surface area contributed by atoms with E-state index in [0.29, 0.717) is 12.0 Å². The summed E-state index contributed by atoms with van der Waals surface area (Å²) >= 11 is 0. The molecular weight excluding hydrogens is 230 g/mol. The minimum atomic E-state index is -0.366. The van der Waals surface area contributed by atoms with E-state index in [2.05, 4.69) is 5.32 Å². The van der Waals surface area contributed by atoms with Crippen LogP contribution in [0.15, 0.2) is 18.2 Å². The first-order valence-electron chi connectivity index (χ1n) is 6.11. The normalized spacial score (nSPS) is 25.3. The fourth-order valence-corrected chi connectivity index (χ4v) is 2.14. The molecule has 1 amide bonds. The number of hydrogen-bond donors (Lipinski definition) is 3. The van der Waals surface area contributed by atoms with Crippen molar-refractivity contribution in [2.45, 2.75) is 39.3 Å². The lowest BCUT2D eigenvalue weighted by molar-refractivity contribution is -0.0689. The Labute approximate surface area is 107 Å². The molecule has 0 bridgehead atoms. The number of hydrogen-bond acceptors (Lipinski definition) is 3. The maximum Gasteiger partial charge on any atom is 0.251 e. The number of aliphatic hydroxyl groups is 1. The predicted molar refractivity (Wildman–Crippen MR) is 68.5 cm³/mol. The number of phenolic OH excluding ortho intramolecular Hbond substituents is 1. The number of aliphatic hydroxyl groups excluding tert-OH is 1. The monoisotopic (exact) mass is 249 g/mol. The molecule has 1 aliphatic carbocycles. The van der Waals surface area contributed by atoms with Gasteiger partial charge in [0.25, 0.3) is 5.91 Å². The lowest BCUT2D eigenvalue weighted by Crippen LogP contribution is -2.61. The molecule has 1 aromatic carbocycles. The molecule has 0 heterocycles. The molecule has 1 fully saturated rings. The lowest BCUT2D eigenvalue weighted by atomic mass is 9.64. The molecule has 2 rings (SSSR count). The Bertz CT molecular complexity index is 482. The zero-order valence-electron chi connectivity index (χ0n) is 10.9. The fraction of sp³-hybridized carbons (Fsp3) is 0.500. The van der Waals surface area contributed by atoms with E-state index < -0.39 is 0 Å². The van der Waals surface area contributed by atoms with Crippen molar-refractivity contribution in [1.82, 2.24) is 5.32 Å². The number of rotatable bonds is 2. The molecule has 1 aromatic rings. The maximum atomic E-state index is 12.0. The van der Waals surface area contributed by atoms with Gasteiger partial charge in [0.1, 0.15) is 5.75 Å². The molecule has 2 atom stereocenters. The van der Waals surface area contributed by atoms with Crippen LogP contribution in [-0.2, 0) is 0 Å². The smallest absolute Gasteiger partial charge is 0.251 e. The summed E-state index contributed by atoms with van der Waals surface area (Å²) in [6.45, 7) is 5.64. The molecule has 1 aliphatic rings. The Morgan fingerprint density at radius 2 is 2.11 bits per heavy atom. The van der Waals surface area contributed by atoms with Crippen molar-refractivity contribution in [2.75, 3.05) is 0 Å². The lowest BCUT2D eigenvalue weighted by Gasteiger charge is -2.49. The van der Waals surface area contributed by atoms with Crippen LogP contribution in [0.4, 0.5) is 0 Å². The molecule has 3 N–H and O–H groups in total. The highest BCUT2D eigenvalue weighted by molar-refractivity contribution is 5.95. The van der Waals surface area contributed by atoms with Gasteiger partial charge < -0.3 is 15.5 Å². The van der Waals surface area contributed by atoms with Crippen LogP contribution in [-0.4, -0.2) is 28.3 Å². The number of phenols is 1. The number of nitrogens with one attached hydrogen (secondary N) is 1. The van der Waals surface area contributed by atoms with E-state index in [1.165, 1.54) is 6.07 Å². The van der Waals surface area contributed by atoms with Crippen LogP contribution in [0.3, 0.4) is 0 Å². The van der Waals surface area contributed by atoms with Crippen molar-refractivity contribution < 1.29 is 15.0 Å². The minimum Gasteiger partial charge on any atom is -0.508 e. The van der Waals surface area contributed by atoms with E-state index in [4.69, 9.17) is 0 Å². The topological polar surface area (TPSA) is 69.6 Å². The Morgan fingerprint density at radius 3 is 2.61 bits per heavy atom. The van der Waals surface area contributed by atoms with E-state index in [-0.39, 0.29) is 29.2 Å². The van der Waals surface area contributed by atoms with Gasteiger partial charge in [0.15, 0.2) is 0 Å². The zero-order chi connectivity index (χ0) is 13.5. The van der Waals surface area contributed by atoms with Crippen molar-refractivity contribution in [3.05, 3.63) is 29.3 Å². The predicted octanol–water partition coefficient (Wildman–Crippen LogP) is 1.59. The SMILES string of the molecule is Cc1ccc(C(=O)NC2CC(O)C2(C)C)cc1O. The second-order valence-corrected chi connectivity index (χ2v) is 5.60. The third-order valence-corrected chi connectivity index (χ3v) is 3.99. The summed E-state index contributed by atoms with van der Waals surface area (Å²) in [5.74, 6) is -0.0918. The number of amides is 1. The Kier molecular flexibility index (Phi) is 3.07. The number of aromatic hydroxyl groups is 1. The second kappa shape index (κ2) is 4.28. The first-order chi connectivity index (χ1) is 8.32. The summed E-state index contributed by atoms with van der Waals surface area (Å²) < 4.78 is 0. The van der Waals surface area contributed by atoms with E-state index in [1.807, 2.05) is 13.8 Å². The first-order valence-corrected chi connectivity index (χ1v) is 6.11. The summed E-state index contributed by atoms with van der Waals surface area (Å²) in [4.78, 5) is 12.0. The van der Waals surface area contributed by atoms with E-state index in [1.54, 1.807) is 19.1 Å². The summed E-state index contributed by atoms with van der Waals surface area (Å²) in [6.07, 6.45) is 0.213. The highest BCUT2D eigenvalue weighted by Crippen LogP contribution is 2.40. The first kappa shape index (κ1) is 12.9. The third-order valence-electron chi connectivity index (χ3n) is 3.99. The van der Waals surface area contributed by atoms with Gasteiger partial charge in [-0.25, -0.2) is 0 Å². The average molecular weight is 249 g/mol. The van der Waals surface area contributed by atoms with E-state index in [9.17, 15) is 15.0 Å². The van der Waals surface area contributed by atoms with Crippen molar-refractivity contribution in [2.24, 2.45) is 5.41 Å². The van der Waals surface area contributed by atoms with Crippen LogP contribution in [0.2, 0.25) is 0 Å². The van der Waals surface area contributed by atoms with Gasteiger partial charge in [-0.3, -0.25) is 4.79 Å². The van der Waals surface area contributed by atoms with Crippen molar-refractivity contribution in [3.8, 4) is 5.75 Å². The van der Waals surface area contributed by atoms with Crippen LogP contribution >= 0.6 is 0 Å². The maximum absolute atomic E-state index is 12.0. The van der Waals surface area contributed by atoms with Crippen molar-refractivity contribution in [1.29, 1.82) is 0 Å². The molecular formula is C14H19NO3. The summed E-state index contributed by atoms with van der Waals surface area (Å²) in [6, 6.07) is 4.84. The van der Waals surface area contributed by atoms with Crippen molar-refractivity contribution >= 4 is 5.91 Å². The molecule has 0 aromatic heterocycles. The van der Waals surface area contributed by atoms with Gasteiger partial charge in [0, 0.05) is 17.0 Å². The largest absolute Gasteiger partial charge is 0.508 e.